The fourth-order valence-corrected chi connectivity index (χ4v) is 3.29. The van der Waals surface area contributed by atoms with Gasteiger partial charge in [0, 0.05) is 24.2 Å². The van der Waals surface area contributed by atoms with E-state index in [0.29, 0.717) is 29.6 Å². The van der Waals surface area contributed by atoms with E-state index in [0.717, 1.165) is 18.5 Å². The molecule has 1 saturated heterocycles. The van der Waals surface area contributed by atoms with E-state index < -0.39 is 5.92 Å². The van der Waals surface area contributed by atoms with Gasteiger partial charge in [-0.3, -0.25) is 9.59 Å². The number of Topliss-reactive ketones (excluding diaryl/α,β-unsaturated/α-hetero) is 1. The van der Waals surface area contributed by atoms with Gasteiger partial charge >= 0.3 is 0 Å². The Kier molecular flexibility index (Phi) is 4.43. The van der Waals surface area contributed by atoms with Crippen molar-refractivity contribution in [2.24, 2.45) is 0 Å². The summed E-state index contributed by atoms with van der Waals surface area (Å²) in [5.74, 6) is -1.29. The van der Waals surface area contributed by atoms with Crippen LogP contribution in [0.1, 0.15) is 41.4 Å². The van der Waals surface area contributed by atoms with E-state index in [9.17, 15) is 14.9 Å². The molecule has 1 aliphatic rings. The lowest BCUT2D eigenvalue weighted by atomic mass is 9.98. The van der Waals surface area contributed by atoms with Gasteiger partial charge in [-0.25, -0.2) is 4.98 Å². The molecule has 6 nitrogen and oxygen atoms in total. The number of ketones is 1. The molecule has 0 radical (unpaired) electrons. The molecule has 27 heavy (non-hydrogen) atoms. The van der Waals surface area contributed by atoms with Crippen molar-refractivity contribution in [3.63, 3.8) is 0 Å². The maximum atomic E-state index is 12.8. The Morgan fingerprint density at radius 1 is 1.15 bits per heavy atom. The summed E-state index contributed by atoms with van der Waals surface area (Å²) in [4.78, 5) is 30.8. The molecule has 2 aromatic carbocycles. The van der Waals surface area contributed by atoms with Gasteiger partial charge < -0.3 is 9.32 Å². The molecule has 1 fully saturated rings. The van der Waals surface area contributed by atoms with Gasteiger partial charge in [0.1, 0.15) is 5.52 Å². The number of carbonyl (C=O) groups is 2. The van der Waals surface area contributed by atoms with Gasteiger partial charge in [-0.2, -0.15) is 5.26 Å². The molecule has 4 rings (SSSR count). The Bertz CT molecular complexity index is 1010. The molecule has 1 aliphatic heterocycles. The first-order valence-electron chi connectivity index (χ1n) is 8.87. The van der Waals surface area contributed by atoms with E-state index in [1.54, 1.807) is 47.4 Å². The van der Waals surface area contributed by atoms with Gasteiger partial charge in [-0.1, -0.05) is 12.1 Å². The monoisotopic (exact) mass is 359 g/mol. The average Bonchev–Trinajstić information content (AvgIpc) is 3.13. The highest BCUT2D eigenvalue weighted by Gasteiger charge is 2.27. The molecular weight excluding hydrogens is 342 g/mol. The predicted molar refractivity (Wildman–Crippen MR) is 99.3 cm³/mol. The average molecular weight is 359 g/mol. The van der Waals surface area contributed by atoms with Crippen LogP contribution in [-0.4, -0.2) is 23.2 Å². The summed E-state index contributed by atoms with van der Waals surface area (Å²) >= 11 is 0. The number of piperidine rings is 1. The summed E-state index contributed by atoms with van der Waals surface area (Å²) in [7, 11) is 0. The van der Waals surface area contributed by atoms with Crippen molar-refractivity contribution in [1.82, 2.24) is 4.98 Å². The SMILES string of the molecule is N#CC(C(=O)c1ccc(N2CCCCC2=O)cc1)c1nc2ccccc2o1. The number of nitrogens with zero attached hydrogens (tertiary/aromatic N) is 3. The molecule has 1 aromatic heterocycles. The lowest BCUT2D eigenvalue weighted by Crippen LogP contribution is -2.35. The number of benzene rings is 2. The summed E-state index contributed by atoms with van der Waals surface area (Å²) in [6.45, 7) is 0.690. The summed E-state index contributed by atoms with van der Waals surface area (Å²) in [6, 6.07) is 15.9. The fraction of sp³-hybridized carbons (Fsp3) is 0.238. The van der Waals surface area contributed by atoms with Crippen LogP contribution in [0.15, 0.2) is 52.9 Å². The number of anilines is 1. The number of carbonyl (C=O) groups excluding carboxylic acids is 2. The molecule has 0 saturated carbocycles. The van der Waals surface area contributed by atoms with Gasteiger partial charge in [0.15, 0.2) is 17.3 Å². The van der Waals surface area contributed by atoms with Crippen molar-refractivity contribution >= 4 is 28.5 Å². The van der Waals surface area contributed by atoms with Crippen LogP contribution in [0.25, 0.3) is 11.1 Å². The van der Waals surface area contributed by atoms with Crippen LogP contribution >= 0.6 is 0 Å². The van der Waals surface area contributed by atoms with Crippen molar-refractivity contribution < 1.29 is 14.0 Å². The number of fused-ring (bicyclic) bond motifs is 1. The molecule has 1 unspecified atom stereocenters. The van der Waals surface area contributed by atoms with Crippen LogP contribution < -0.4 is 4.90 Å². The number of hydrogen-bond donors (Lipinski definition) is 0. The highest BCUT2D eigenvalue weighted by molar-refractivity contribution is 6.03. The Morgan fingerprint density at radius 2 is 1.93 bits per heavy atom. The van der Waals surface area contributed by atoms with E-state index in [4.69, 9.17) is 4.42 Å². The molecule has 6 heteroatoms. The fourth-order valence-electron chi connectivity index (χ4n) is 3.29. The van der Waals surface area contributed by atoms with Crippen molar-refractivity contribution in [3.05, 3.63) is 60.0 Å². The largest absolute Gasteiger partial charge is 0.439 e. The van der Waals surface area contributed by atoms with Gasteiger partial charge in [-0.05, 0) is 49.2 Å². The number of para-hydroxylation sites is 2. The first-order valence-corrected chi connectivity index (χ1v) is 8.87. The Morgan fingerprint density at radius 3 is 2.63 bits per heavy atom. The molecule has 0 bridgehead atoms. The second kappa shape index (κ2) is 7.04. The minimum Gasteiger partial charge on any atom is -0.439 e. The van der Waals surface area contributed by atoms with E-state index in [-0.39, 0.29) is 17.6 Å². The van der Waals surface area contributed by atoms with Gasteiger partial charge in [0.05, 0.1) is 6.07 Å². The first kappa shape index (κ1) is 17.0. The Hall–Kier alpha value is -3.46. The third kappa shape index (κ3) is 3.20. The number of rotatable bonds is 4. The van der Waals surface area contributed by atoms with Crippen LogP contribution in [0.5, 0.6) is 0 Å². The molecule has 0 N–H and O–H groups in total. The van der Waals surface area contributed by atoms with E-state index in [2.05, 4.69) is 4.98 Å². The van der Waals surface area contributed by atoms with E-state index >= 15 is 0 Å². The highest BCUT2D eigenvalue weighted by Crippen LogP contribution is 2.26. The van der Waals surface area contributed by atoms with Crippen molar-refractivity contribution in [2.45, 2.75) is 25.2 Å². The number of oxazole rings is 1. The third-order valence-electron chi connectivity index (χ3n) is 4.74. The smallest absolute Gasteiger partial charge is 0.226 e. The normalized spacial score (nSPS) is 15.5. The standard InChI is InChI=1S/C21H17N3O3/c22-13-16(21-23-17-5-1-2-6-18(17)27-21)20(26)14-8-10-15(11-9-14)24-12-4-3-7-19(24)25/h1-2,5-6,8-11,16H,3-4,7,12H2. The zero-order chi connectivity index (χ0) is 18.8. The summed E-state index contributed by atoms with van der Waals surface area (Å²) < 4.78 is 5.59. The highest BCUT2D eigenvalue weighted by atomic mass is 16.3. The molecular formula is C21H17N3O3. The maximum absolute atomic E-state index is 12.8. The van der Waals surface area contributed by atoms with Gasteiger partial charge in [0.2, 0.25) is 11.8 Å². The molecule has 2 heterocycles. The predicted octanol–water partition coefficient (Wildman–Crippen LogP) is 3.83. The second-order valence-corrected chi connectivity index (χ2v) is 6.50. The number of amides is 1. The lowest BCUT2D eigenvalue weighted by Gasteiger charge is -2.26. The number of nitriles is 1. The quantitative estimate of drug-likeness (QED) is 0.661. The number of aromatic nitrogens is 1. The van der Waals surface area contributed by atoms with Crippen LogP contribution in [0.4, 0.5) is 5.69 Å². The van der Waals surface area contributed by atoms with Crippen LogP contribution in [-0.2, 0) is 4.79 Å². The molecule has 0 aliphatic carbocycles. The zero-order valence-electron chi connectivity index (χ0n) is 14.6. The van der Waals surface area contributed by atoms with Crippen LogP contribution in [0.2, 0.25) is 0 Å². The van der Waals surface area contributed by atoms with E-state index in [1.165, 1.54) is 0 Å². The van der Waals surface area contributed by atoms with Crippen molar-refractivity contribution in [3.8, 4) is 6.07 Å². The molecule has 134 valence electrons. The van der Waals surface area contributed by atoms with Gasteiger partial charge in [-0.15, -0.1) is 0 Å². The van der Waals surface area contributed by atoms with Crippen molar-refractivity contribution in [1.29, 1.82) is 5.26 Å². The summed E-state index contributed by atoms with van der Waals surface area (Å²) in [5, 5.41) is 9.51. The Labute approximate surface area is 156 Å². The molecule has 1 atom stereocenters. The zero-order valence-corrected chi connectivity index (χ0v) is 14.6. The minimum absolute atomic E-state index is 0.0963. The van der Waals surface area contributed by atoms with Crippen LogP contribution in [0, 0.1) is 11.3 Å². The number of hydrogen-bond acceptors (Lipinski definition) is 5. The minimum atomic E-state index is -1.11. The topological polar surface area (TPSA) is 87.2 Å². The van der Waals surface area contributed by atoms with Crippen LogP contribution in [0.3, 0.4) is 0 Å². The summed E-state index contributed by atoms with van der Waals surface area (Å²) in [6.07, 6.45) is 2.44. The Balaban J connectivity index is 1.59. The maximum Gasteiger partial charge on any atom is 0.226 e. The summed E-state index contributed by atoms with van der Waals surface area (Å²) in [5.41, 5.74) is 2.31. The second-order valence-electron chi connectivity index (χ2n) is 6.50. The third-order valence-corrected chi connectivity index (χ3v) is 4.74. The van der Waals surface area contributed by atoms with Gasteiger partial charge in [0.25, 0.3) is 0 Å². The first-order chi connectivity index (χ1) is 13.2. The van der Waals surface area contributed by atoms with E-state index in [1.807, 2.05) is 12.1 Å². The van der Waals surface area contributed by atoms with Crippen molar-refractivity contribution in [2.75, 3.05) is 11.4 Å². The lowest BCUT2D eigenvalue weighted by molar-refractivity contribution is -0.119. The molecule has 1 amide bonds. The molecule has 0 spiro atoms. The molecule has 3 aromatic rings.